The summed E-state index contributed by atoms with van der Waals surface area (Å²) >= 11 is 0. The highest BCUT2D eigenvalue weighted by Crippen LogP contribution is 2.30. The molecule has 0 N–H and O–H groups in total. The Hall–Kier alpha value is -2.38. The maximum atomic E-state index is 13.3. The summed E-state index contributed by atoms with van der Waals surface area (Å²) in [6.07, 6.45) is 3.66. The van der Waals surface area contributed by atoms with Crippen LogP contribution in [0, 0.1) is 0 Å². The zero-order valence-corrected chi connectivity index (χ0v) is 16.7. The molecule has 0 atom stereocenters. The van der Waals surface area contributed by atoms with Gasteiger partial charge in [0.25, 0.3) is 0 Å². The summed E-state index contributed by atoms with van der Waals surface area (Å²) in [6.45, 7) is 2.75. The molecule has 1 aliphatic carbocycles. The van der Waals surface area contributed by atoms with Crippen LogP contribution in [0.25, 0.3) is 0 Å². The highest BCUT2D eigenvalue weighted by molar-refractivity contribution is 7.89. The van der Waals surface area contributed by atoms with Gasteiger partial charge in [0.05, 0.1) is 17.5 Å². The lowest BCUT2D eigenvalue weighted by Crippen LogP contribution is -2.38. The number of hydrogen-bond donors (Lipinski definition) is 0. The van der Waals surface area contributed by atoms with Crippen LogP contribution < -0.4 is 9.84 Å². The summed E-state index contributed by atoms with van der Waals surface area (Å²) in [5.41, 5.74) is 0.836. The van der Waals surface area contributed by atoms with E-state index >= 15 is 0 Å². The number of sulfonamides is 1. The molecule has 0 saturated heterocycles. The third-order valence-electron chi connectivity index (χ3n) is 5.00. The average Bonchev–Trinajstić information content (AvgIpc) is 3.22. The van der Waals surface area contributed by atoms with E-state index in [1.54, 1.807) is 4.31 Å². The minimum atomic E-state index is -3.76. The van der Waals surface area contributed by atoms with Gasteiger partial charge < -0.3 is 14.6 Å². The highest BCUT2D eigenvalue weighted by Gasteiger charge is 2.33. The van der Waals surface area contributed by atoms with Crippen molar-refractivity contribution in [2.75, 3.05) is 6.61 Å². The smallest absolute Gasteiger partial charge is 0.243 e. The fraction of sp³-hybridized carbons (Fsp3) is 0.381. The lowest BCUT2D eigenvalue weighted by molar-refractivity contribution is -0.255. The van der Waals surface area contributed by atoms with Gasteiger partial charge in [-0.1, -0.05) is 37.1 Å². The minimum absolute atomic E-state index is 0.0436. The van der Waals surface area contributed by atoms with Gasteiger partial charge in [0.2, 0.25) is 10.0 Å². The van der Waals surface area contributed by atoms with Gasteiger partial charge in [-0.25, -0.2) is 8.42 Å². The summed E-state index contributed by atoms with van der Waals surface area (Å²) in [6, 6.07) is 12.6. The quantitative estimate of drug-likeness (QED) is 0.677. The monoisotopic (exact) mass is 402 g/mol. The fourth-order valence-electron chi connectivity index (χ4n) is 3.54. The predicted molar refractivity (Wildman–Crippen MR) is 103 cm³/mol. The van der Waals surface area contributed by atoms with Crippen molar-refractivity contribution in [3.8, 4) is 5.75 Å². The molecule has 0 radical (unpaired) electrons. The van der Waals surface area contributed by atoms with Gasteiger partial charge in [-0.15, -0.1) is 0 Å². The normalized spacial score (nSPS) is 15.1. The molecule has 6 nitrogen and oxygen atoms in total. The molecule has 0 heterocycles. The Morgan fingerprint density at radius 1 is 1.07 bits per heavy atom. The van der Waals surface area contributed by atoms with Crippen molar-refractivity contribution in [3.05, 3.63) is 59.7 Å². The molecule has 1 saturated carbocycles. The van der Waals surface area contributed by atoms with E-state index in [0.29, 0.717) is 6.61 Å². The first-order valence-corrected chi connectivity index (χ1v) is 10.9. The average molecular weight is 402 g/mol. The number of ether oxygens (including phenoxy) is 1. The number of hydrogen-bond acceptors (Lipinski definition) is 5. The Kier molecular flexibility index (Phi) is 6.36. The first-order valence-electron chi connectivity index (χ1n) is 9.47. The zero-order chi connectivity index (χ0) is 20.1. The molecule has 0 amide bonds. The Morgan fingerprint density at radius 3 is 2.21 bits per heavy atom. The van der Waals surface area contributed by atoms with Gasteiger partial charge in [-0.05, 0) is 55.2 Å². The molecule has 1 fully saturated rings. The summed E-state index contributed by atoms with van der Waals surface area (Å²) < 4.78 is 33.6. The van der Waals surface area contributed by atoms with Crippen LogP contribution in [0.3, 0.4) is 0 Å². The van der Waals surface area contributed by atoms with Crippen molar-refractivity contribution < 1.29 is 23.1 Å². The van der Waals surface area contributed by atoms with E-state index in [-0.39, 0.29) is 23.0 Å². The van der Waals surface area contributed by atoms with Gasteiger partial charge in [0, 0.05) is 12.6 Å². The maximum Gasteiger partial charge on any atom is 0.243 e. The second-order valence-electron chi connectivity index (χ2n) is 6.88. The van der Waals surface area contributed by atoms with Gasteiger partial charge >= 0.3 is 0 Å². The summed E-state index contributed by atoms with van der Waals surface area (Å²) in [5, 5.41) is 10.9. The lowest BCUT2D eigenvalue weighted by Gasteiger charge is -2.28. The molecule has 1 aliphatic rings. The lowest BCUT2D eigenvalue weighted by atomic mass is 10.2. The number of carbonyl (C=O) groups is 1. The van der Waals surface area contributed by atoms with Gasteiger partial charge in [0.15, 0.2) is 0 Å². The molecule has 150 valence electrons. The van der Waals surface area contributed by atoms with E-state index in [9.17, 15) is 18.3 Å². The Morgan fingerprint density at radius 2 is 1.68 bits per heavy atom. The zero-order valence-electron chi connectivity index (χ0n) is 15.8. The minimum Gasteiger partial charge on any atom is -0.545 e. The SMILES string of the molecule is CCOc1ccc(CN(C2CCCC2)S(=O)(=O)c2ccc(C(=O)[O-])cc2)cc1. The molecule has 2 aromatic rings. The van der Waals surface area contributed by atoms with Crippen LogP contribution in [-0.2, 0) is 16.6 Å². The second kappa shape index (κ2) is 8.75. The van der Waals surface area contributed by atoms with E-state index in [2.05, 4.69) is 0 Å². The van der Waals surface area contributed by atoms with E-state index in [0.717, 1.165) is 37.0 Å². The van der Waals surface area contributed by atoms with Crippen LogP contribution in [-0.4, -0.2) is 31.3 Å². The first-order chi connectivity index (χ1) is 13.4. The highest BCUT2D eigenvalue weighted by atomic mass is 32.2. The number of carbonyl (C=O) groups excluding carboxylic acids is 1. The number of carboxylic acids is 1. The van der Waals surface area contributed by atoms with Crippen LogP contribution in [0.1, 0.15) is 48.5 Å². The second-order valence-corrected chi connectivity index (χ2v) is 8.77. The van der Waals surface area contributed by atoms with Crippen molar-refractivity contribution in [2.45, 2.75) is 50.1 Å². The van der Waals surface area contributed by atoms with Gasteiger partial charge in [-0.2, -0.15) is 4.31 Å². The summed E-state index contributed by atoms with van der Waals surface area (Å²) in [4.78, 5) is 11.0. The molecule has 2 aromatic carbocycles. The third-order valence-corrected chi connectivity index (χ3v) is 6.91. The van der Waals surface area contributed by atoms with Crippen LogP contribution in [0.4, 0.5) is 0 Å². The Balaban J connectivity index is 1.89. The number of carboxylic acid groups (broad SMARTS) is 1. The molecular formula is C21H24NO5S-. The van der Waals surface area contributed by atoms with Gasteiger partial charge in [0.1, 0.15) is 5.75 Å². The summed E-state index contributed by atoms with van der Waals surface area (Å²) in [5.74, 6) is -0.578. The third kappa shape index (κ3) is 4.54. The van der Waals surface area contributed by atoms with Crippen molar-refractivity contribution in [3.63, 3.8) is 0 Å². The van der Waals surface area contributed by atoms with Crippen molar-refractivity contribution in [1.29, 1.82) is 0 Å². The van der Waals surface area contributed by atoms with E-state index in [1.165, 1.54) is 24.3 Å². The van der Waals surface area contributed by atoms with E-state index in [4.69, 9.17) is 4.74 Å². The molecule has 0 aromatic heterocycles. The Bertz CT molecular complexity index is 901. The first kappa shape index (κ1) is 20.4. The number of benzene rings is 2. The van der Waals surface area contributed by atoms with Crippen molar-refractivity contribution in [2.24, 2.45) is 0 Å². The largest absolute Gasteiger partial charge is 0.545 e. The molecular weight excluding hydrogens is 378 g/mol. The number of rotatable bonds is 8. The predicted octanol–water partition coefficient (Wildman–Crippen LogP) is 2.58. The van der Waals surface area contributed by atoms with Crippen LogP contribution in [0.2, 0.25) is 0 Å². The molecule has 0 bridgehead atoms. The van der Waals surface area contributed by atoms with Crippen LogP contribution in [0.15, 0.2) is 53.4 Å². The molecule has 0 spiro atoms. The summed E-state index contributed by atoms with van der Waals surface area (Å²) in [7, 11) is -3.76. The molecule has 3 rings (SSSR count). The van der Waals surface area contributed by atoms with Gasteiger partial charge in [-0.3, -0.25) is 0 Å². The van der Waals surface area contributed by atoms with Crippen LogP contribution >= 0.6 is 0 Å². The van der Waals surface area contributed by atoms with Crippen molar-refractivity contribution in [1.82, 2.24) is 4.31 Å². The number of aromatic carboxylic acids is 1. The van der Waals surface area contributed by atoms with Crippen molar-refractivity contribution >= 4 is 16.0 Å². The molecule has 7 heteroatoms. The maximum absolute atomic E-state index is 13.3. The molecule has 28 heavy (non-hydrogen) atoms. The topological polar surface area (TPSA) is 86.7 Å². The molecule has 0 unspecified atom stereocenters. The fourth-order valence-corrected chi connectivity index (χ4v) is 5.21. The Labute approximate surface area is 165 Å². The molecule has 0 aliphatic heterocycles. The van der Waals surface area contributed by atoms with Crippen LogP contribution in [0.5, 0.6) is 5.75 Å². The van der Waals surface area contributed by atoms with E-state index in [1.807, 2.05) is 31.2 Å². The number of nitrogens with zero attached hydrogens (tertiary/aromatic N) is 1. The van der Waals surface area contributed by atoms with E-state index < -0.39 is 16.0 Å². The standard InChI is InChI=1S/C21H25NO5S/c1-2-27-19-11-7-16(8-12-19)15-22(18-5-3-4-6-18)28(25,26)20-13-9-17(10-14-20)21(23)24/h7-14,18H,2-6,15H2,1H3,(H,23,24)/p-1.